The van der Waals surface area contributed by atoms with E-state index in [4.69, 9.17) is 0 Å². The first-order chi connectivity index (χ1) is 9.99. The molecule has 1 aromatic heterocycles. The lowest BCUT2D eigenvalue weighted by Gasteiger charge is -2.18. The maximum Gasteiger partial charge on any atom is 0.163 e. The number of benzene rings is 1. The summed E-state index contributed by atoms with van der Waals surface area (Å²) >= 11 is 3.53. The van der Waals surface area contributed by atoms with Crippen LogP contribution in [0.25, 0.3) is 0 Å². The van der Waals surface area contributed by atoms with Gasteiger partial charge in [-0.3, -0.25) is 4.68 Å². The van der Waals surface area contributed by atoms with Gasteiger partial charge in [0.1, 0.15) is 0 Å². The maximum absolute atomic E-state index is 14.0. The second-order valence-electron chi connectivity index (χ2n) is 4.85. The highest BCUT2D eigenvalue weighted by Crippen LogP contribution is 2.28. The van der Waals surface area contributed by atoms with E-state index in [9.17, 15) is 8.78 Å². The summed E-state index contributed by atoms with van der Waals surface area (Å²) < 4.78 is 30.2. The van der Waals surface area contributed by atoms with E-state index in [0.29, 0.717) is 12.0 Å². The smallest absolute Gasteiger partial charge is 0.163 e. The van der Waals surface area contributed by atoms with Crippen LogP contribution in [-0.2, 0) is 13.0 Å². The summed E-state index contributed by atoms with van der Waals surface area (Å²) in [5.41, 5.74) is 2.19. The molecule has 2 rings (SSSR count). The fourth-order valence-corrected chi connectivity index (χ4v) is 2.86. The van der Waals surface area contributed by atoms with Crippen LogP contribution in [0, 0.1) is 18.6 Å². The van der Waals surface area contributed by atoms with Crippen molar-refractivity contribution in [3.05, 3.63) is 51.3 Å². The van der Waals surface area contributed by atoms with Crippen molar-refractivity contribution in [1.82, 2.24) is 15.1 Å². The number of rotatable bonds is 5. The first kappa shape index (κ1) is 16.1. The lowest BCUT2D eigenvalue weighted by atomic mass is 10.0. The van der Waals surface area contributed by atoms with E-state index in [2.05, 4.69) is 26.3 Å². The third kappa shape index (κ3) is 3.16. The Morgan fingerprint density at radius 2 is 2.10 bits per heavy atom. The van der Waals surface area contributed by atoms with Crippen molar-refractivity contribution in [1.29, 1.82) is 0 Å². The van der Waals surface area contributed by atoms with Gasteiger partial charge in [-0.05, 0) is 42.9 Å². The maximum atomic E-state index is 14.0. The summed E-state index contributed by atoms with van der Waals surface area (Å²) in [6, 6.07) is 3.93. The summed E-state index contributed by atoms with van der Waals surface area (Å²) in [7, 11) is 1.74. The van der Waals surface area contributed by atoms with Crippen LogP contribution in [0.5, 0.6) is 0 Å². The summed E-state index contributed by atoms with van der Waals surface area (Å²) in [6.45, 7) is 4.64. The first-order valence-corrected chi connectivity index (χ1v) is 7.61. The zero-order chi connectivity index (χ0) is 15.6. The van der Waals surface area contributed by atoms with Crippen LogP contribution in [0.3, 0.4) is 0 Å². The first-order valence-electron chi connectivity index (χ1n) is 6.82. The zero-order valence-electron chi connectivity index (χ0n) is 12.3. The number of aryl methyl sites for hydroxylation is 2. The Kier molecular flexibility index (Phi) is 5.11. The fourth-order valence-electron chi connectivity index (χ4n) is 2.41. The SMILES string of the molecule is CCn1nc(C)c(Br)c1CC(NC)c1cccc(F)c1F. The molecule has 0 spiro atoms. The molecule has 0 aliphatic rings. The molecule has 0 amide bonds. The van der Waals surface area contributed by atoms with Crippen molar-refractivity contribution >= 4 is 15.9 Å². The number of halogens is 3. The van der Waals surface area contributed by atoms with Crippen molar-refractivity contribution in [3.8, 4) is 0 Å². The quantitative estimate of drug-likeness (QED) is 0.882. The van der Waals surface area contributed by atoms with Crippen molar-refractivity contribution in [2.75, 3.05) is 7.05 Å². The number of likely N-dealkylation sites (N-methyl/N-ethyl adjacent to an activating group) is 1. The Balaban J connectivity index is 2.38. The van der Waals surface area contributed by atoms with Gasteiger partial charge in [-0.2, -0.15) is 5.10 Å². The standard InChI is InChI=1S/C15H18BrF2N3/c1-4-21-13(14(16)9(2)20-21)8-12(19-3)10-6-5-7-11(17)15(10)18/h5-7,12,19H,4,8H2,1-3H3. The van der Waals surface area contributed by atoms with Gasteiger partial charge in [0, 0.05) is 24.6 Å². The van der Waals surface area contributed by atoms with E-state index in [-0.39, 0.29) is 6.04 Å². The highest BCUT2D eigenvalue weighted by atomic mass is 79.9. The van der Waals surface area contributed by atoms with Crippen LogP contribution in [0.1, 0.15) is 29.9 Å². The molecule has 1 heterocycles. The third-order valence-electron chi connectivity index (χ3n) is 3.56. The number of aromatic nitrogens is 2. The molecule has 0 saturated heterocycles. The summed E-state index contributed by atoms with van der Waals surface area (Å²) in [6.07, 6.45) is 0.520. The van der Waals surface area contributed by atoms with Gasteiger partial charge in [0.2, 0.25) is 0 Å². The largest absolute Gasteiger partial charge is 0.313 e. The minimum absolute atomic E-state index is 0.321. The van der Waals surface area contributed by atoms with Crippen molar-refractivity contribution in [2.45, 2.75) is 32.9 Å². The molecule has 0 bridgehead atoms. The molecular weight excluding hydrogens is 340 g/mol. The molecule has 0 fully saturated rings. The Morgan fingerprint density at radius 3 is 2.71 bits per heavy atom. The predicted octanol–water partition coefficient (Wildman–Crippen LogP) is 3.76. The van der Waals surface area contributed by atoms with Gasteiger partial charge in [-0.25, -0.2) is 8.78 Å². The molecule has 1 N–H and O–H groups in total. The van der Waals surface area contributed by atoms with Gasteiger partial charge in [0.25, 0.3) is 0 Å². The van der Waals surface area contributed by atoms with Crippen LogP contribution in [0.4, 0.5) is 8.78 Å². The number of hydrogen-bond donors (Lipinski definition) is 1. The monoisotopic (exact) mass is 357 g/mol. The Hall–Kier alpha value is -1.27. The van der Waals surface area contributed by atoms with Gasteiger partial charge >= 0.3 is 0 Å². The molecule has 21 heavy (non-hydrogen) atoms. The van der Waals surface area contributed by atoms with E-state index in [1.54, 1.807) is 13.1 Å². The molecule has 0 radical (unpaired) electrons. The summed E-state index contributed by atoms with van der Waals surface area (Å²) in [5.74, 6) is -1.63. The summed E-state index contributed by atoms with van der Waals surface area (Å²) in [5, 5.41) is 7.48. The number of hydrogen-bond acceptors (Lipinski definition) is 2. The lowest BCUT2D eigenvalue weighted by Crippen LogP contribution is -2.22. The minimum Gasteiger partial charge on any atom is -0.313 e. The third-order valence-corrected chi connectivity index (χ3v) is 4.59. The molecular formula is C15H18BrF2N3. The van der Waals surface area contributed by atoms with Gasteiger partial charge < -0.3 is 5.32 Å². The topological polar surface area (TPSA) is 29.9 Å². The molecule has 1 atom stereocenters. The average molecular weight is 358 g/mol. The van der Waals surface area contributed by atoms with E-state index in [0.717, 1.165) is 28.5 Å². The van der Waals surface area contributed by atoms with Crippen LogP contribution in [0.15, 0.2) is 22.7 Å². The van der Waals surface area contributed by atoms with Crippen LogP contribution < -0.4 is 5.32 Å². The van der Waals surface area contributed by atoms with Gasteiger partial charge in [0.15, 0.2) is 11.6 Å². The number of nitrogens with zero attached hydrogens (tertiary/aromatic N) is 2. The Labute approximate surface area is 131 Å². The molecule has 2 aromatic rings. The number of nitrogens with one attached hydrogen (secondary N) is 1. The normalized spacial score (nSPS) is 12.7. The van der Waals surface area contributed by atoms with E-state index in [1.807, 2.05) is 18.5 Å². The minimum atomic E-state index is -0.827. The van der Waals surface area contributed by atoms with Crippen LogP contribution in [0.2, 0.25) is 0 Å². The van der Waals surface area contributed by atoms with Crippen molar-refractivity contribution < 1.29 is 8.78 Å². The Morgan fingerprint density at radius 1 is 1.38 bits per heavy atom. The van der Waals surface area contributed by atoms with Gasteiger partial charge in [0.05, 0.1) is 15.9 Å². The van der Waals surface area contributed by atoms with E-state index >= 15 is 0 Å². The van der Waals surface area contributed by atoms with Crippen LogP contribution in [-0.4, -0.2) is 16.8 Å². The second kappa shape index (κ2) is 6.66. The zero-order valence-corrected chi connectivity index (χ0v) is 13.8. The molecule has 1 aromatic carbocycles. The molecule has 3 nitrogen and oxygen atoms in total. The van der Waals surface area contributed by atoms with Crippen molar-refractivity contribution in [3.63, 3.8) is 0 Å². The van der Waals surface area contributed by atoms with Crippen molar-refractivity contribution in [2.24, 2.45) is 0 Å². The highest BCUT2D eigenvalue weighted by molar-refractivity contribution is 9.10. The molecule has 114 valence electrons. The molecule has 0 saturated carbocycles. The van der Waals surface area contributed by atoms with Gasteiger partial charge in [-0.1, -0.05) is 12.1 Å². The molecule has 0 aliphatic carbocycles. The van der Waals surface area contributed by atoms with Crippen LogP contribution >= 0.6 is 15.9 Å². The molecule has 6 heteroatoms. The lowest BCUT2D eigenvalue weighted by molar-refractivity contribution is 0.466. The summed E-state index contributed by atoms with van der Waals surface area (Å²) in [4.78, 5) is 0. The van der Waals surface area contributed by atoms with Gasteiger partial charge in [-0.15, -0.1) is 0 Å². The second-order valence-corrected chi connectivity index (χ2v) is 5.64. The average Bonchev–Trinajstić information content (AvgIpc) is 2.75. The molecule has 0 aliphatic heterocycles. The predicted molar refractivity (Wildman–Crippen MR) is 82.2 cm³/mol. The molecule has 1 unspecified atom stereocenters. The fraction of sp³-hybridized carbons (Fsp3) is 0.400. The Bertz CT molecular complexity index is 640. The highest BCUT2D eigenvalue weighted by Gasteiger charge is 2.21. The van der Waals surface area contributed by atoms with E-state index < -0.39 is 11.6 Å². The van der Waals surface area contributed by atoms with E-state index in [1.165, 1.54) is 6.07 Å².